The van der Waals surface area contributed by atoms with Gasteiger partial charge in [0.2, 0.25) is 0 Å². The summed E-state index contributed by atoms with van der Waals surface area (Å²) in [6.45, 7) is 3.02. The van der Waals surface area contributed by atoms with Crippen LogP contribution in [0, 0.1) is 5.92 Å². The first-order chi connectivity index (χ1) is 11.3. The third-order valence-electron chi connectivity index (χ3n) is 4.92. The highest BCUT2D eigenvalue weighted by atomic mass is 16.1. The van der Waals surface area contributed by atoms with E-state index in [9.17, 15) is 4.79 Å². The van der Waals surface area contributed by atoms with Gasteiger partial charge >= 0.3 is 0 Å². The summed E-state index contributed by atoms with van der Waals surface area (Å²) in [6.07, 6.45) is 8.03. The average molecular weight is 310 g/mol. The van der Waals surface area contributed by atoms with E-state index in [1.807, 2.05) is 12.1 Å². The highest BCUT2D eigenvalue weighted by Crippen LogP contribution is 2.23. The van der Waals surface area contributed by atoms with Crippen molar-refractivity contribution in [3.63, 3.8) is 0 Å². The molecule has 0 unspecified atom stereocenters. The molecular weight excluding hydrogens is 284 g/mol. The quantitative estimate of drug-likeness (QED) is 0.885. The summed E-state index contributed by atoms with van der Waals surface area (Å²) in [7, 11) is 0. The van der Waals surface area contributed by atoms with Crippen molar-refractivity contribution >= 4 is 0 Å². The smallest absolute Gasteiger partial charge is 0.252 e. The second-order valence-corrected chi connectivity index (χ2v) is 6.62. The standard InChI is InChI=1S/C20H26N2O/c23-20-19(10-5-13-21-20)16-22-14-11-18(12-15-22)9-4-8-17-6-2-1-3-7-17/h1-3,5-7,10,13,18H,4,8-9,11-12,14-16H2,(H,21,23). The molecule has 1 aromatic heterocycles. The summed E-state index contributed by atoms with van der Waals surface area (Å²) in [5, 5.41) is 0. The molecule has 0 saturated carbocycles. The van der Waals surface area contributed by atoms with Gasteiger partial charge in [-0.15, -0.1) is 0 Å². The molecule has 3 nitrogen and oxygen atoms in total. The van der Waals surface area contributed by atoms with Crippen LogP contribution in [0.3, 0.4) is 0 Å². The van der Waals surface area contributed by atoms with Crippen LogP contribution in [0.1, 0.15) is 36.8 Å². The molecule has 1 aliphatic rings. The van der Waals surface area contributed by atoms with Gasteiger partial charge in [0.15, 0.2) is 0 Å². The van der Waals surface area contributed by atoms with Crippen LogP contribution in [-0.2, 0) is 13.0 Å². The number of H-pyrrole nitrogens is 1. The molecule has 3 heteroatoms. The number of hydrogen-bond acceptors (Lipinski definition) is 2. The number of pyridine rings is 1. The minimum Gasteiger partial charge on any atom is -0.329 e. The van der Waals surface area contributed by atoms with Crippen LogP contribution in [0.5, 0.6) is 0 Å². The van der Waals surface area contributed by atoms with Crippen LogP contribution < -0.4 is 5.56 Å². The van der Waals surface area contributed by atoms with E-state index in [1.165, 1.54) is 37.7 Å². The first kappa shape index (κ1) is 16.0. The van der Waals surface area contributed by atoms with E-state index in [4.69, 9.17) is 0 Å². The first-order valence-electron chi connectivity index (χ1n) is 8.74. The molecule has 1 N–H and O–H groups in total. The molecule has 2 heterocycles. The van der Waals surface area contributed by atoms with E-state index in [1.54, 1.807) is 6.20 Å². The van der Waals surface area contributed by atoms with Gasteiger partial charge < -0.3 is 4.98 Å². The third-order valence-corrected chi connectivity index (χ3v) is 4.92. The Morgan fingerprint density at radius 2 is 1.83 bits per heavy atom. The van der Waals surface area contributed by atoms with Gasteiger partial charge in [0.05, 0.1) is 0 Å². The highest BCUT2D eigenvalue weighted by Gasteiger charge is 2.19. The Kier molecular flexibility index (Phi) is 5.65. The van der Waals surface area contributed by atoms with Gasteiger partial charge in [0.25, 0.3) is 5.56 Å². The van der Waals surface area contributed by atoms with Gasteiger partial charge in [-0.2, -0.15) is 0 Å². The molecule has 0 spiro atoms. The fourth-order valence-corrected chi connectivity index (χ4v) is 3.49. The molecule has 0 atom stereocenters. The number of nitrogens with one attached hydrogen (secondary N) is 1. The normalized spacial score (nSPS) is 16.5. The predicted octanol–water partition coefficient (Wildman–Crippen LogP) is 3.61. The maximum atomic E-state index is 11.8. The van der Waals surface area contributed by atoms with E-state index in [2.05, 4.69) is 40.2 Å². The summed E-state index contributed by atoms with van der Waals surface area (Å²) >= 11 is 0. The van der Waals surface area contributed by atoms with Crippen LogP contribution in [0.25, 0.3) is 0 Å². The molecule has 3 rings (SSSR count). The molecule has 0 amide bonds. The van der Waals surface area contributed by atoms with Crippen molar-refractivity contribution in [2.24, 2.45) is 5.92 Å². The topological polar surface area (TPSA) is 36.1 Å². The van der Waals surface area contributed by atoms with Crippen molar-refractivity contribution in [3.05, 3.63) is 70.1 Å². The Hall–Kier alpha value is -1.87. The fraction of sp³-hybridized carbons (Fsp3) is 0.450. The maximum Gasteiger partial charge on any atom is 0.252 e. The second kappa shape index (κ2) is 8.11. The number of aromatic nitrogens is 1. The van der Waals surface area contributed by atoms with Gasteiger partial charge in [-0.25, -0.2) is 0 Å². The van der Waals surface area contributed by atoms with Crippen LogP contribution in [0.4, 0.5) is 0 Å². The van der Waals surface area contributed by atoms with Crippen molar-refractivity contribution < 1.29 is 0 Å². The molecule has 1 aromatic carbocycles. The van der Waals surface area contributed by atoms with Crippen LogP contribution in [0.15, 0.2) is 53.5 Å². The van der Waals surface area contributed by atoms with Crippen molar-refractivity contribution in [2.75, 3.05) is 13.1 Å². The number of nitrogens with zero attached hydrogens (tertiary/aromatic N) is 1. The number of aryl methyl sites for hydroxylation is 1. The maximum absolute atomic E-state index is 11.8. The molecule has 2 aromatic rings. The molecule has 1 fully saturated rings. The fourth-order valence-electron chi connectivity index (χ4n) is 3.49. The summed E-state index contributed by atoms with van der Waals surface area (Å²) in [4.78, 5) is 16.9. The van der Waals surface area contributed by atoms with E-state index in [-0.39, 0.29) is 5.56 Å². The molecule has 122 valence electrons. The van der Waals surface area contributed by atoms with Crippen LogP contribution in [-0.4, -0.2) is 23.0 Å². The lowest BCUT2D eigenvalue weighted by molar-refractivity contribution is 0.170. The van der Waals surface area contributed by atoms with Crippen molar-refractivity contribution in [3.8, 4) is 0 Å². The molecule has 0 radical (unpaired) electrons. The molecule has 0 bridgehead atoms. The Balaban J connectivity index is 1.39. The van der Waals surface area contributed by atoms with Crippen LogP contribution >= 0.6 is 0 Å². The summed E-state index contributed by atoms with van der Waals surface area (Å²) in [5.41, 5.74) is 2.39. The third kappa shape index (κ3) is 4.80. The molecular formula is C20H26N2O. The minimum atomic E-state index is 0.0532. The number of piperidine rings is 1. The van der Waals surface area contributed by atoms with Crippen molar-refractivity contribution in [1.82, 2.24) is 9.88 Å². The molecule has 1 aliphatic heterocycles. The molecule has 1 saturated heterocycles. The van der Waals surface area contributed by atoms with E-state index in [0.29, 0.717) is 0 Å². The summed E-state index contributed by atoms with van der Waals surface area (Å²) < 4.78 is 0. The average Bonchev–Trinajstić information content (AvgIpc) is 2.59. The minimum absolute atomic E-state index is 0.0532. The lowest BCUT2D eigenvalue weighted by Gasteiger charge is -2.31. The zero-order valence-corrected chi connectivity index (χ0v) is 13.7. The van der Waals surface area contributed by atoms with Gasteiger partial charge in [-0.3, -0.25) is 9.69 Å². The van der Waals surface area contributed by atoms with E-state index < -0.39 is 0 Å². The van der Waals surface area contributed by atoms with Gasteiger partial charge in [-0.1, -0.05) is 42.8 Å². The Morgan fingerprint density at radius 3 is 2.57 bits per heavy atom. The van der Waals surface area contributed by atoms with Crippen molar-refractivity contribution in [1.29, 1.82) is 0 Å². The predicted molar refractivity (Wildman–Crippen MR) is 94.4 cm³/mol. The molecule has 0 aliphatic carbocycles. The number of rotatable bonds is 6. The number of benzene rings is 1. The lowest BCUT2D eigenvalue weighted by Crippen LogP contribution is -2.34. The van der Waals surface area contributed by atoms with E-state index >= 15 is 0 Å². The number of aromatic amines is 1. The molecule has 23 heavy (non-hydrogen) atoms. The monoisotopic (exact) mass is 310 g/mol. The zero-order valence-electron chi connectivity index (χ0n) is 13.7. The van der Waals surface area contributed by atoms with E-state index in [0.717, 1.165) is 31.1 Å². The first-order valence-corrected chi connectivity index (χ1v) is 8.74. The zero-order chi connectivity index (χ0) is 15.9. The van der Waals surface area contributed by atoms with Crippen LogP contribution in [0.2, 0.25) is 0 Å². The SMILES string of the molecule is O=c1[nH]cccc1CN1CCC(CCCc2ccccc2)CC1. The second-order valence-electron chi connectivity index (χ2n) is 6.62. The summed E-state index contributed by atoms with van der Waals surface area (Å²) in [6, 6.07) is 14.6. The van der Waals surface area contributed by atoms with Gasteiger partial charge in [0, 0.05) is 18.3 Å². The Bertz CT molecular complexity index is 642. The highest BCUT2D eigenvalue weighted by molar-refractivity contribution is 5.14. The Labute approximate surface area is 138 Å². The van der Waals surface area contributed by atoms with Gasteiger partial charge in [0.1, 0.15) is 0 Å². The van der Waals surface area contributed by atoms with Crippen molar-refractivity contribution in [2.45, 2.75) is 38.6 Å². The summed E-state index contributed by atoms with van der Waals surface area (Å²) in [5.74, 6) is 0.851. The number of likely N-dealkylation sites (tertiary alicyclic amines) is 1. The number of hydrogen-bond donors (Lipinski definition) is 1. The Morgan fingerprint density at radius 1 is 1.04 bits per heavy atom. The van der Waals surface area contributed by atoms with Gasteiger partial charge in [-0.05, 0) is 56.3 Å². The lowest BCUT2D eigenvalue weighted by atomic mass is 9.90. The largest absolute Gasteiger partial charge is 0.329 e.